The molecule has 0 bridgehead atoms. The summed E-state index contributed by atoms with van der Waals surface area (Å²) >= 11 is 1.77. The van der Waals surface area contributed by atoms with Crippen molar-refractivity contribution in [1.29, 1.82) is 0 Å². The molecule has 148 valence electrons. The molecule has 4 atom stereocenters. The highest BCUT2D eigenvalue weighted by Gasteiger charge is 2.56. The number of Topliss-reactive ketones (excluding diaryl/α,β-unsaturated/α-hetero) is 2. The molecule has 1 aromatic carbocycles. The molecule has 1 unspecified atom stereocenters. The van der Waals surface area contributed by atoms with E-state index in [-0.39, 0.29) is 5.41 Å². The van der Waals surface area contributed by atoms with Gasteiger partial charge in [-0.15, -0.1) is 11.8 Å². The second kappa shape index (κ2) is 7.16. The van der Waals surface area contributed by atoms with Crippen molar-refractivity contribution in [2.24, 2.45) is 23.2 Å². The van der Waals surface area contributed by atoms with Gasteiger partial charge < -0.3 is 0 Å². The molecule has 1 aromatic rings. The van der Waals surface area contributed by atoms with Crippen molar-refractivity contribution in [1.82, 2.24) is 0 Å². The van der Waals surface area contributed by atoms with E-state index in [0.29, 0.717) is 29.3 Å². The second-order valence-electron chi connectivity index (χ2n) is 9.42. The molecular weight excluding hydrogens is 364 g/mol. The van der Waals surface area contributed by atoms with Crippen LogP contribution in [0.3, 0.4) is 0 Å². The lowest BCUT2D eigenvalue weighted by atomic mass is 9.54. The number of carbonyl (C=O) groups excluding carboxylic acids is 2. The van der Waals surface area contributed by atoms with Gasteiger partial charge in [-0.05, 0) is 86.7 Å². The van der Waals surface area contributed by atoms with Gasteiger partial charge in [0.25, 0.3) is 0 Å². The summed E-state index contributed by atoms with van der Waals surface area (Å²) in [5.74, 6) is 2.63. The van der Waals surface area contributed by atoms with Gasteiger partial charge in [0, 0.05) is 29.6 Å². The third-order valence-electron chi connectivity index (χ3n) is 8.28. The highest BCUT2D eigenvalue weighted by atomic mass is 32.2. The fraction of sp³-hybridized carbons (Fsp3) is 0.600. The minimum absolute atomic E-state index is 0.132. The van der Waals surface area contributed by atoms with E-state index in [1.165, 1.54) is 23.3 Å². The molecule has 0 aliphatic heterocycles. The minimum Gasteiger partial charge on any atom is -0.300 e. The standard InChI is InChI=1S/C25H30O2S/c1-28-19-6-2-16(3-7-19)15-25-13-12-21-20-9-5-18(26)14-17(20)4-8-22(21)23(25)10-11-24(25)27/h2-3,6-7,17,22-23H,4-5,8-15H2,1H3/t17?,22-,23+,25-/m1/s1. The zero-order valence-corrected chi connectivity index (χ0v) is 17.7. The van der Waals surface area contributed by atoms with Crippen LogP contribution < -0.4 is 0 Å². The van der Waals surface area contributed by atoms with Crippen LogP contribution in [0.5, 0.6) is 0 Å². The van der Waals surface area contributed by atoms with Crippen molar-refractivity contribution < 1.29 is 9.59 Å². The summed E-state index contributed by atoms with van der Waals surface area (Å²) in [6.07, 6.45) is 11.9. The molecule has 28 heavy (non-hydrogen) atoms. The van der Waals surface area contributed by atoms with Crippen LogP contribution in [0.4, 0.5) is 0 Å². The van der Waals surface area contributed by atoms with Crippen LogP contribution in [0, 0.1) is 23.2 Å². The van der Waals surface area contributed by atoms with E-state index in [1.54, 1.807) is 22.9 Å². The molecular formula is C25H30O2S. The molecule has 4 aliphatic rings. The highest BCUT2D eigenvalue weighted by molar-refractivity contribution is 7.98. The average Bonchev–Trinajstić information content (AvgIpc) is 3.04. The van der Waals surface area contributed by atoms with Crippen LogP contribution >= 0.6 is 11.8 Å². The SMILES string of the molecule is CSc1ccc(C[C@]23CCC4=C5CCC(=O)CC5CC[C@H]4[C@@H]2CCC3=O)cc1. The molecule has 0 N–H and O–H groups in total. The van der Waals surface area contributed by atoms with Gasteiger partial charge in [0.2, 0.25) is 0 Å². The summed E-state index contributed by atoms with van der Waals surface area (Å²) in [7, 11) is 0. The first-order valence-electron chi connectivity index (χ1n) is 11.0. The smallest absolute Gasteiger partial charge is 0.139 e. The van der Waals surface area contributed by atoms with Crippen molar-refractivity contribution in [3.63, 3.8) is 0 Å². The monoisotopic (exact) mass is 394 g/mol. The summed E-state index contributed by atoms with van der Waals surface area (Å²) in [5.41, 5.74) is 4.50. The van der Waals surface area contributed by atoms with Gasteiger partial charge in [-0.3, -0.25) is 9.59 Å². The first kappa shape index (κ1) is 18.7. The van der Waals surface area contributed by atoms with E-state index >= 15 is 0 Å². The van der Waals surface area contributed by atoms with Crippen LogP contribution in [0.15, 0.2) is 40.3 Å². The van der Waals surface area contributed by atoms with Crippen LogP contribution in [0.1, 0.15) is 63.4 Å². The van der Waals surface area contributed by atoms with Gasteiger partial charge in [0.1, 0.15) is 11.6 Å². The molecule has 3 fully saturated rings. The number of carbonyl (C=O) groups is 2. The zero-order chi connectivity index (χ0) is 19.3. The highest BCUT2D eigenvalue weighted by Crippen LogP contribution is 2.60. The summed E-state index contributed by atoms with van der Waals surface area (Å²) < 4.78 is 0. The summed E-state index contributed by atoms with van der Waals surface area (Å²) in [4.78, 5) is 26.4. The van der Waals surface area contributed by atoms with Gasteiger partial charge in [-0.1, -0.05) is 23.3 Å². The molecule has 0 radical (unpaired) electrons. The molecule has 0 spiro atoms. The van der Waals surface area contributed by atoms with Gasteiger partial charge in [0.15, 0.2) is 0 Å². The van der Waals surface area contributed by atoms with Crippen molar-refractivity contribution >= 4 is 23.3 Å². The molecule has 2 nitrogen and oxygen atoms in total. The van der Waals surface area contributed by atoms with Crippen LogP contribution in [-0.2, 0) is 16.0 Å². The summed E-state index contributed by atoms with van der Waals surface area (Å²) in [6, 6.07) is 8.87. The number of benzene rings is 1. The number of fused-ring (bicyclic) bond motifs is 4. The second-order valence-corrected chi connectivity index (χ2v) is 10.3. The Morgan fingerprint density at radius 3 is 2.57 bits per heavy atom. The maximum absolute atomic E-state index is 13.2. The van der Waals surface area contributed by atoms with Gasteiger partial charge >= 0.3 is 0 Å². The van der Waals surface area contributed by atoms with Crippen LogP contribution in [-0.4, -0.2) is 17.8 Å². The predicted octanol–water partition coefficient (Wildman–Crippen LogP) is 5.79. The summed E-state index contributed by atoms with van der Waals surface area (Å²) in [5, 5.41) is 0. The fourth-order valence-electron chi connectivity index (χ4n) is 6.97. The summed E-state index contributed by atoms with van der Waals surface area (Å²) in [6.45, 7) is 0. The van der Waals surface area contributed by atoms with Crippen LogP contribution in [0.25, 0.3) is 0 Å². The number of ketones is 2. The first-order valence-corrected chi connectivity index (χ1v) is 12.2. The van der Waals surface area contributed by atoms with Gasteiger partial charge in [-0.25, -0.2) is 0 Å². The third kappa shape index (κ3) is 2.93. The Morgan fingerprint density at radius 2 is 1.79 bits per heavy atom. The Labute approximate surface area is 172 Å². The van der Waals surface area contributed by atoms with Crippen LogP contribution in [0.2, 0.25) is 0 Å². The topological polar surface area (TPSA) is 34.1 Å². The Bertz CT molecular complexity index is 837. The Morgan fingerprint density at radius 1 is 0.964 bits per heavy atom. The molecule has 3 heteroatoms. The first-order chi connectivity index (χ1) is 13.6. The number of rotatable bonds is 3. The number of hydrogen-bond donors (Lipinski definition) is 0. The lowest BCUT2D eigenvalue weighted by Gasteiger charge is -2.49. The van der Waals surface area contributed by atoms with Crippen molar-refractivity contribution in [3.05, 3.63) is 41.0 Å². The van der Waals surface area contributed by atoms with E-state index in [1.807, 2.05) is 0 Å². The molecule has 4 aliphatic carbocycles. The Balaban J connectivity index is 1.46. The molecule has 0 saturated heterocycles. The Kier molecular flexibility index (Phi) is 4.77. The van der Waals surface area contributed by atoms with E-state index in [2.05, 4.69) is 30.5 Å². The zero-order valence-electron chi connectivity index (χ0n) is 16.8. The number of hydrogen-bond acceptors (Lipinski definition) is 3. The predicted molar refractivity (Wildman–Crippen MR) is 113 cm³/mol. The lowest BCUT2D eigenvalue weighted by molar-refractivity contribution is -0.129. The maximum atomic E-state index is 13.2. The molecule has 0 aromatic heterocycles. The quantitative estimate of drug-likeness (QED) is 0.481. The van der Waals surface area contributed by atoms with Gasteiger partial charge in [0.05, 0.1) is 0 Å². The van der Waals surface area contributed by atoms with E-state index in [9.17, 15) is 9.59 Å². The van der Waals surface area contributed by atoms with Crippen molar-refractivity contribution in [3.8, 4) is 0 Å². The van der Waals surface area contributed by atoms with E-state index in [0.717, 1.165) is 51.4 Å². The number of allylic oxidation sites excluding steroid dienone is 2. The van der Waals surface area contributed by atoms with Crippen molar-refractivity contribution in [2.75, 3.05) is 6.26 Å². The van der Waals surface area contributed by atoms with E-state index < -0.39 is 0 Å². The molecule has 0 heterocycles. The van der Waals surface area contributed by atoms with Crippen molar-refractivity contribution in [2.45, 2.75) is 69.1 Å². The lowest BCUT2D eigenvalue weighted by Crippen LogP contribution is -2.44. The normalized spacial score (nSPS) is 34.8. The fourth-order valence-corrected chi connectivity index (χ4v) is 7.38. The minimum atomic E-state index is -0.132. The average molecular weight is 395 g/mol. The molecule has 0 amide bonds. The maximum Gasteiger partial charge on any atom is 0.139 e. The van der Waals surface area contributed by atoms with E-state index in [4.69, 9.17) is 0 Å². The Hall–Kier alpha value is -1.35. The largest absolute Gasteiger partial charge is 0.300 e. The third-order valence-corrected chi connectivity index (χ3v) is 9.02. The molecule has 5 rings (SSSR count). The van der Waals surface area contributed by atoms with Gasteiger partial charge in [-0.2, -0.15) is 0 Å². The number of thioether (sulfide) groups is 1. The molecule has 3 saturated carbocycles.